The molecule has 3 heteroatoms. The highest BCUT2D eigenvalue weighted by Gasteiger charge is 2.35. The van der Waals surface area contributed by atoms with Gasteiger partial charge in [-0.3, -0.25) is 0 Å². The first kappa shape index (κ1) is 15.3. The van der Waals surface area contributed by atoms with Crippen molar-refractivity contribution in [2.24, 2.45) is 0 Å². The molecule has 4 rings (SSSR count). The average Bonchev–Trinajstić information content (AvgIpc) is 2.58. The topological polar surface area (TPSA) is 0 Å². The van der Waals surface area contributed by atoms with Crippen molar-refractivity contribution in [3.8, 4) is 34.1 Å². The molecule has 0 heterocycles. The lowest BCUT2D eigenvalue weighted by atomic mass is 9.75. The molecule has 0 atom stereocenters. The zero-order valence-corrected chi connectivity index (χ0v) is 13.5. The Kier molecular flexibility index (Phi) is 3.64. The van der Waals surface area contributed by atoms with Gasteiger partial charge in [0.05, 0.1) is 5.56 Å². The van der Waals surface area contributed by atoms with E-state index in [2.05, 4.69) is 11.8 Å². The molecule has 0 radical (unpaired) electrons. The predicted octanol–water partition coefficient (Wildman–Crippen LogP) is 6.17. The van der Waals surface area contributed by atoms with Gasteiger partial charge in [-0.05, 0) is 54.5 Å². The molecular weight excluding hydrogens is 309 g/mol. The van der Waals surface area contributed by atoms with E-state index < -0.39 is 17.5 Å². The van der Waals surface area contributed by atoms with Crippen LogP contribution in [0.15, 0.2) is 18.2 Å². The third kappa shape index (κ3) is 2.09. The summed E-state index contributed by atoms with van der Waals surface area (Å²) in [7, 11) is 0. The van der Waals surface area contributed by atoms with Gasteiger partial charge in [-0.15, -0.1) is 5.92 Å². The lowest BCUT2D eigenvalue weighted by Crippen LogP contribution is -2.13. The van der Waals surface area contributed by atoms with E-state index >= 15 is 0 Å². The van der Waals surface area contributed by atoms with E-state index in [4.69, 9.17) is 0 Å². The van der Waals surface area contributed by atoms with Crippen molar-refractivity contribution in [2.75, 3.05) is 0 Å². The Labute approximate surface area is 139 Å². The molecule has 0 unspecified atom stereocenters. The Balaban J connectivity index is 1.85. The van der Waals surface area contributed by atoms with Crippen molar-refractivity contribution in [3.63, 3.8) is 0 Å². The van der Waals surface area contributed by atoms with Crippen molar-refractivity contribution in [1.29, 1.82) is 0 Å². The van der Waals surface area contributed by atoms with E-state index in [-0.39, 0.29) is 22.6 Å². The van der Waals surface area contributed by atoms with E-state index in [0.29, 0.717) is 16.7 Å². The molecule has 0 aliphatic heterocycles. The van der Waals surface area contributed by atoms with Crippen molar-refractivity contribution in [1.82, 2.24) is 0 Å². The third-order valence-corrected chi connectivity index (χ3v) is 5.22. The Bertz CT molecular complexity index is 894. The van der Waals surface area contributed by atoms with Gasteiger partial charge in [0.2, 0.25) is 0 Å². The van der Waals surface area contributed by atoms with Gasteiger partial charge in [-0.25, -0.2) is 13.2 Å². The highest BCUT2D eigenvalue weighted by Crippen LogP contribution is 2.52. The van der Waals surface area contributed by atoms with Gasteiger partial charge in [0, 0.05) is 11.1 Å². The normalized spacial score (nSPS) is 15.8. The summed E-state index contributed by atoms with van der Waals surface area (Å²) in [5.41, 5.74) is 2.18. The maximum absolute atomic E-state index is 14.7. The lowest BCUT2D eigenvalue weighted by molar-refractivity contribution is 0.417. The zero-order valence-electron chi connectivity index (χ0n) is 13.5. The number of benzene rings is 2. The molecule has 0 saturated heterocycles. The minimum absolute atomic E-state index is 0.0673. The number of hydrogen-bond acceptors (Lipinski definition) is 0. The summed E-state index contributed by atoms with van der Waals surface area (Å²) in [6.45, 7) is 1.61. The van der Waals surface area contributed by atoms with E-state index in [1.807, 2.05) is 0 Å². The van der Waals surface area contributed by atoms with Crippen molar-refractivity contribution >= 4 is 0 Å². The molecular formula is C21H17F3. The quantitative estimate of drug-likeness (QED) is 0.469. The van der Waals surface area contributed by atoms with E-state index in [1.165, 1.54) is 0 Å². The molecule has 1 saturated carbocycles. The van der Waals surface area contributed by atoms with E-state index in [0.717, 1.165) is 32.1 Å². The summed E-state index contributed by atoms with van der Waals surface area (Å²) >= 11 is 0. The molecule has 122 valence electrons. The van der Waals surface area contributed by atoms with Crippen LogP contribution in [0, 0.1) is 29.3 Å². The second kappa shape index (κ2) is 5.70. The van der Waals surface area contributed by atoms with Crippen LogP contribution in [0.5, 0.6) is 0 Å². The van der Waals surface area contributed by atoms with Crippen LogP contribution in [0.25, 0.3) is 22.3 Å². The van der Waals surface area contributed by atoms with Crippen molar-refractivity contribution in [3.05, 3.63) is 46.8 Å². The van der Waals surface area contributed by atoms with Crippen molar-refractivity contribution < 1.29 is 13.2 Å². The summed E-state index contributed by atoms with van der Waals surface area (Å²) < 4.78 is 43.8. The number of fused-ring (bicyclic) bond motifs is 4. The van der Waals surface area contributed by atoms with Crippen LogP contribution in [0.2, 0.25) is 0 Å². The minimum atomic E-state index is -0.916. The molecule has 0 N–H and O–H groups in total. The Morgan fingerprint density at radius 3 is 2.29 bits per heavy atom. The molecule has 2 aromatic carbocycles. The Hall–Kier alpha value is -2.21. The van der Waals surface area contributed by atoms with Gasteiger partial charge in [-0.1, -0.05) is 31.2 Å². The van der Waals surface area contributed by atoms with Gasteiger partial charge in [0.25, 0.3) is 0 Å². The summed E-state index contributed by atoms with van der Waals surface area (Å²) in [4.78, 5) is 0. The second-order valence-corrected chi connectivity index (χ2v) is 6.58. The average molecular weight is 326 g/mol. The van der Waals surface area contributed by atoms with E-state index in [9.17, 15) is 13.2 Å². The smallest absolute Gasteiger partial charge is 0.167 e. The summed E-state index contributed by atoms with van der Waals surface area (Å²) in [6.07, 6.45) is 5.03. The Morgan fingerprint density at radius 1 is 0.875 bits per heavy atom. The van der Waals surface area contributed by atoms with Crippen LogP contribution >= 0.6 is 0 Å². The Morgan fingerprint density at radius 2 is 1.58 bits per heavy atom. The van der Waals surface area contributed by atoms with Crippen LogP contribution < -0.4 is 0 Å². The summed E-state index contributed by atoms with van der Waals surface area (Å²) in [5, 5.41) is 0. The maximum Gasteiger partial charge on any atom is 0.167 e. The number of hydrogen-bond donors (Lipinski definition) is 0. The van der Waals surface area contributed by atoms with Crippen LogP contribution in [-0.2, 0) is 0 Å². The molecule has 2 aliphatic rings. The van der Waals surface area contributed by atoms with Crippen LogP contribution in [0.1, 0.15) is 56.1 Å². The van der Waals surface area contributed by atoms with Gasteiger partial charge in [0.1, 0.15) is 5.82 Å². The maximum atomic E-state index is 14.7. The largest absolute Gasteiger partial charge is 0.205 e. The molecule has 2 aromatic rings. The number of rotatable bonds is 1. The molecule has 0 nitrogen and oxygen atoms in total. The molecule has 2 aliphatic carbocycles. The lowest BCUT2D eigenvalue weighted by Gasteiger charge is -2.29. The molecule has 0 bridgehead atoms. The van der Waals surface area contributed by atoms with Crippen LogP contribution in [-0.4, -0.2) is 0 Å². The van der Waals surface area contributed by atoms with Gasteiger partial charge in [0.15, 0.2) is 11.6 Å². The number of halogens is 3. The van der Waals surface area contributed by atoms with Crippen LogP contribution in [0.3, 0.4) is 0 Å². The first-order valence-corrected chi connectivity index (χ1v) is 8.41. The van der Waals surface area contributed by atoms with Crippen LogP contribution in [0.4, 0.5) is 13.2 Å². The summed E-state index contributed by atoms with van der Waals surface area (Å²) in [5.74, 6) is 3.09. The third-order valence-electron chi connectivity index (χ3n) is 5.22. The van der Waals surface area contributed by atoms with Gasteiger partial charge < -0.3 is 0 Å². The second-order valence-electron chi connectivity index (χ2n) is 6.58. The fourth-order valence-corrected chi connectivity index (χ4v) is 4.03. The molecule has 1 fully saturated rings. The van der Waals surface area contributed by atoms with E-state index in [1.54, 1.807) is 25.1 Å². The van der Waals surface area contributed by atoms with Crippen molar-refractivity contribution in [2.45, 2.75) is 44.9 Å². The highest BCUT2D eigenvalue weighted by molar-refractivity contribution is 6.03. The molecule has 0 spiro atoms. The first-order valence-electron chi connectivity index (χ1n) is 8.41. The fourth-order valence-electron chi connectivity index (χ4n) is 4.03. The predicted molar refractivity (Wildman–Crippen MR) is 89.1 cm³/mol. The SMILES string of the molecule is CC#Cc1ccc2c(c1F)-c1c-2cc(C2CCCCC2)c(F)c1F. The molecule has 0 amide bonds. The molecule has 0 aromatic heterocycles. The zero-order chi connectivity index (χ0) is 16.8. The fraction of sp³-hybridized carbons (Fsp3) is 0.333. The monoisotopic (exact) mass is 326 g/mol. The standard InChI is InChI=1S/C21H17F3/c1-2-6-13-9-10-14-16-11-15(12-7-4-3-5-8-12)20(23)21(24)18(16)17(14)19(13)22/h9-12H,3-5,7-8H2,1H3. The minimum Gasteiger partial charge on any atom is -0.205 e. The summed E-state index contributed by atoms with van der Waals surface area (Å²) in [6, 6.07) is 5.09. The van der Waals surface area contributed by atoms with Gasteiger partial charge in [-0.2, -0.15) is 0 Å². The molecule has 24 heavy (non-hydrogen) atoms. The first-order chi connectivity index (χ1) is 11.6. The van der Waals surface area contributed by atoms with Gasteiger partial charge >= 0.3 is 0 Å². The highest BCUT2D eigenvalue weighted by atomic mass is 19.2.